The van der Waals surface area contributed by atoms with Crippen LogP contribution in [0, 0.1) is 0 Å². The van der Waals surface area contributed by atoms with E-state index in [1.165, 1.54) is 44.3 Å². The first-order valence-corrected chi connectivity index (χ1v) is 15.4. The highest BCUT2D eigenvalue weighted by molar-refractivity contribution is 5.99. The van der Waals surface area contributed by atoms with Gasteiger partial charge in [0.05, 0.1) is 12.7 Å². The molecule has 0 saturated carbocycles. The lowest BCUT2D eigenvalue weighted by Crippen LogP contribution is -2.29. The van der Waals surface area contributed by atoms with E-state index in [-0.39, 0.29) is 5.97 Å². The summed E-state index contributed by atoms with van der Waals surface area (Å²) in [7, 11) is 1.68. The van der Waals surface area contributed by atoms with Crippen LogP contribution in [0.5, 0.6) is 17.2 Å². The fourth-order valence-corrected chi connectivity index (χ4v) is 5.63. The summed E-state index contributed by atoms with van der Waals surface area (Å²) in [6, 6.07) is 33.4. The van der Waals surface area contributed by atoms with Gasteiger partial charge in [0.2, 0.25) is 0 Å². The number of benzene rings is 4. The van der Waals surface area contributed by atoms with Crippen LogP contribution in [0.4, 0.5) is 0 Å². The van der Waals surface area contributed by atoms with Gasteiger partial charge in [0.1, 0.15) is 23.9 Å². The summed E-state index contributed by atoms with van der Waals surface area (Å²) < 4.78 is 17.2. The first-order chi connectivity index (χ1) is 21.1. The van der Waals surface area contributed by atoms with Gasteiger partial charge >= 0.3 is 5.97 Å². The summed E-state index contributed by atoms with van der Waals surface area (Å²) in [4.78, 5) is 15.1. The second-order valence-electron chi connectivity index (χ2n) is 10.8. The number of esters is 1. The molecule has 5 rings (SSSR count). The smallest absolute Gasteiger partial charge is 0.343 e. The Hall–Kier alpha value is -4.35. The number of carbonyl (C=O) groups is 1. The zero-order valence-electron chi connectivity index (χ0n) is 25.3. The average Bonchev–Trinajstić information content (AvgIpc) is 3.34. The number of hydrogen-bond acceptors (Lipinski definition) is 5. The van der Waals surface area contributed by atoms with Crippen molar-refractivity contribution in [1.29, 1.82) is 0 Å². The second kappa shape index (κ2) is 15.2. The predicted octanol–water partition coefficient (Wildman–Crippen LogP) is 8.54. The summed E-state index contributed by atoms with van der Waals surface area (Å²) in [5.41, 5.74) is 6.14. The van der Waals surface area contributed by atoms with E-state index >= 15 is 0 Å². The Morgan fingerprint density at radius 3 is 1.79 bits per heavy atom. The molecule has 222 valence electrons. The van der Waals surface area contributed by atoms with Crippen LogP contribution < -0.4 is 14.2 Å². The molecular weight excluding hydrogens is 534 g/mol. The molecule has 1 saturated heterocycles. The summed E-state index contributed by atoms with van der Waals surface area (Å²) in [5.74, 6) is 1.84. The summed E-state index contributed by atoms with van der Waals surface area (Å²) >= 11 is 0. The minimum absolute atomic E-state index is 0.372. The molecule has 1 aliphatic heterocycles. The summed E-state index contributed by atoms with van der Waals surface area (Å²) in [6.45, 7) is 6.18. The average molecular weight is 576 g/mol. The van der Waals surface area contributed by atoms with Crippen LogP contribution in [0.15, 0.2) is 103 Å². The zero-order chi connectivity index (χ0) is 29.9. The lowest BCUT2D eigenvalue weighted by Gasteiger charge is -2.20. The summed E-state index contributed by atoms with van der Waals surface area (Å²) in [6.07, 6.45) is 6.09. The standard InChI is InChI=1S/C38H41NO4/c1-3-36(29-13-19-33(41-2)20-14-29)37(31-17-23-35(24-18-31)43-38(40)32-11-7-6-8-12-32)30-15-21-34(22-16-30)42-28-27-39-25-9-4-5-10-26-39/h6-8,11-24H,3-5,9-10,25-28H2,1-2H3/b37-36-. The third kappa shape index (κ3) is 8.14. The van der Waals surface area contributed by atoms with Gasteiger partial charge in [-0.3, -0.25) is 4.90 Å². The van der Waals surface area contributed by atoms with Crippen LogP contribution in [-0.2, 0) is 0 Å². The van der Waals surface area contributed by atoms with Gasteiger partial charge in [-0.2, -0.15) is 0 Å². The fourth-order valence-electron chi connectivity index (χ4n) is 5.63. The molecule has 0 atom stereocenters. The second-order valence-corrected chi connectivity index (χ2v) is 10.8. The normalized spacial score (nSPS) is 14.4. The van der Waals surface area contributed by atoms with Gasteiger partial charge in [0.15, 0.2) is 0 Å². The molecule has 43 heavy (non-hydrogen) atoms. The molecule has 0 bridgehead atoms. The highest BCUT2D eigenvalue weighted by atomic mass is 16.5. The van der Waals surface area contributed by atoms with Crippen molar-refractivity contribution in [3.63, 3.8) is 0 Å². The zero-order valence-corrected chi connectivity index (χ0v) is 25.3. The fraction of sp³-hybridized carbons (Fsp3) is 0.289. The van der Waals surface area contributed by atoms with E-state index in [9.17, 15) is 4.79 Å². The molecule has 1 fully saturated rings. The molecule has 0 unspecified atom stereocenters. The van der Waals surface area contributed by atoms with Crippen molar-refractivity contribution in [2.45, 2.75) is 39.0 Å². The number of methoxy groups -OCH3 is 1. The van der Waals surface area contributed by atoms with Crippen LogP contribution in [-0.4, -0.2) is 44.2 Å². The quantitative estimate of drug-likeness (QED) is 0.102. The molecule has 5 heteroatoms. The van der Waals surface area contributed by atoms with E-state index in [0.717, 1.165) is 46.7 Å². The third-order valence-electron chi connectivity index (χ3n) is 7.97. The van der Waals surface area contributed by atoms with Gasteiger partial charge in [0, 0.05) is 6.54 Å². The molecule has 0 N–H and O–H groups in total. The van der Waals surface area contributed by atoms with Crippen molar-refractivity contribution in [1.82, 2.24) is 4.90 Å². The van der Waals surface area contributed by atoms with Gasteiger partial charge in [-0.15, -0.1) is 0 Å². The van der Waals surface area contributed by atoms with E-state index in [4.69, 9.17) is 14.2 Å². The van der Waals surface area contributed by atoms with Gasteiger partial charge < -0.3 is 14.2 Å². The Labute approximate surface area is 255 Å². The van der Waals surface area contributed by atoms with Crippen molar-refractivity contribution in [2.24, 2.45) is 0 Å². The number of rotatable bonds is 11. The molecule has 0 spiro atoms. The van der Waals surface area contributed by atoms with Crippen LogP contribution >= 0.6 is 0 Å². The molecule has 0 aromatic heterocycles. The van der Waals surface area contributed by atoms with Gasteiger partial charge in [-0.1, -0.05) is 74.4 Å². The lowest BCUT2D eigenvalue weighted by molar-refractivity contribution is 0.0734. The highest BCUT2D eigenvalue weighted by Gasteiger charge is 2.15. The molecule has 0 amide bonds. The first kappa shape index (κ1) is 30.1. The topological polar surface area (TPSA) is 48.0 Å². The van der Waals surface area contributed by atoms with Crippen LogP contribution in [0.1, 0.15) is 66.1 Å². The van der Waals surface area contributed by atoms with Gasteiger partial charge in [-0.05, 0) is 109 Å². The molecule has 4 aromatic rings. The monoisotopic (exact) mass is 575 g/mol. The molecule has 0 aliphatic carbocycles. The lowest BCUT2D eigenvalue weighted by atomic mass is 9.88. The predicted molar refractivity (Wildman–Crippen MR) is 174 cm³/mol. The highest BCUT2D eigenvalue weighted by Crippen LogP contribution is 2.36. The van der Waals surface area contributed by atoms with Crippen molar-refractivity contribution in [3.8, 4) is 17.2 Å². The number of hydrogen-bond donors (Lipinski definition) is 0. The molecule has 0 radical (unpaired) electrons. The first-order valence-electron chi connectivity index (χ1n) is 15.4. The van der Waals surface area contributed by atoms with Crippen molar-refractivity contribution in [3.05, 3.63) is 125 Å². The van der Waals surface area contributed by atoms with E-state index in [1.54, 1.807) is 19.2 Å². The minimum atomic E-state index is -0.372. The minimum Gasteiger partial charge on any atom is -0.497 e. The maximum atomic E-state index is 12.6. The number of likely N-dealkylation sites (tertiary alicyclic amines) is 1. The Morgan fingerprint density at radius 2 is 1.21 bits per heavy atom. The van der Waals surface area contributed by atoms with Crippen molar-refractivity contribution in [2.75, 3.05) is 33.4 Å². The molecule has 5 nitrogen and oxygen atoms in total. The van der Waals surface area contributed by atoms with E-state index in [2.05, 4.69) is 48.2 Å². The number of nitrogens with zero attached hydrogens (tertiary/aromatic N) is 1. The Bertz CT molecular complexity index is 1470. The maximum absolute atomic E-state index is 12.6. The number of allylic oxidation sites excluding steroid dienone is 1. The maximum Gasteiger partial charge on any atom is 0.343 e. The number of carbonyl (C=O) groups excluding carboxylic acids is 1. The molecular formula is C38H41NO4. The van der Waals surface area contributed by atoms with Gasteiger partial charge in [0.25, 0.3) is 0 Å². The summed E-state index contributed by atoms with van der Waals surface area (Å²) in [5, 5.41) is 0. The van der Waals surface area contributed by atoms with Gasteiger partial charge in [-0.25, -0.2) is 4.79 Å². The Kier molecular flexibility index (Phi) is 10.7. The van der Waals surface area contributed by atoms with Crippen LogP contribution in [0.25, 0.3) is 11.1 Å². The largest absolute Gasteiger partial charge is 0.497 e. The third-order valence-corrected chi connectivity index (χ3v) is 7.97. The number of ether oxygens (including phenoxy) is 3. The van der Waals surface area contributed by atoms with Crippen LogP contribution in [0.3, 0.4) is 0 Å². The van der Waals surface area contributed by atoms with E-state index in [0.29, 0.717) is 17.9 Å². The molecule has 1 heterocycles. The van der Waals surface area contributed by atoms with Crippen molar-refractivity contribution < 1.29 is 19.0 Å². The van der Waals surface area contributed by atoms with E-state index in [1.807, 2.05) is 54.6 Å². The Balaban J connectivity index is 1.39. The van der Waals surface area contributed by atoms with E-state index < -0.39 is 0 Å². The van der Waals surface area contributed by atoms with Crippen LogP contribution in [0.2, 0.25) is 0 Å². The SMILES string of the molecule is CC/C(=C(\c1ccc(OCCN2CCCCCC2)cc1)c1ccc(OC(=O)c2ccccc2)cc1)c1ccc(OC)cc1. The Morgan fingerprint density at radius 1 is 0.651 bits per heavy atom. The molecule has 1 aliphatic rings. The molecule has 4 aromatic carbocycles. The van der Waals surface area contributed by atoms with Crippen molar-refractivity contribution >= 4 is 17.1 Å².